The Bertz CT molecular complexity index is 145. The molecule has 0 rings (SSSR count). The summed E-state index contributed by atoms with van der Waals surface area (Å²) < 4.78 is 4.71. The minimum absolute atomic E-state index is 0.295. The van der Waals surface area contributed by atoms with Crippen LogP contribution in [0, 0.1) is 0 Å². The average Bonchev–Trinajstić information content (AvgIpc) is 2.14. The molecular formula is C9H20N2O2. The van der Waals surface area contributed by atoms with E-state index in [0.717, 1.165) is 6.42 Å². The van der Waals surface area contributed by atoms with Crippen molar-refractivity contribution in [2.24, 2.45) is 11.5 Å². The second-order valence-electron chi connectivity index (χ2n) is 2.49. The normalized spacial score (nSPS) is 8.31. The van der Waals surface area contributed by atoms with Crippen LogP contribution in [0.15, 0.2) is 12.2 Å². The second-order valence-corrected chi connectivity index (χ2v) is 2.49. The van der Waals surface area contributed by atoms with Gasteiger partial charge in [-0.1, -0.05) is 13.5 Å². The molecule has 0 saturated heterocycles. The van der Waals surface area contributed by atoms with Gasteiger partial charge < -0.3 is 16.2 Å². The first kappa shape index (κ1) is 14.6. The van der Waals surface area contributed by atoms with Gasteiger partial charge in [0.2, 0.25) is 0 Å². The molecule has 0 aromatic heterocycles. The van der Waals surface area contributed by atoms with Crippen LogP contribution >= 0.6 is 0 Å². The molecule has 4 N–H and O–H groups in total. The zero-order valence-corrected chi connectivity index (χ0v) is 8.51. The van der Waals surface area contributed by atoms with E-state index in [1.165, 1.54) is 0 Å². The van der Waals surface area contributed by atoms with Gasteiger partial charge in [0.15, 0.2) is 0 Å². The Morgan fingerprint density at radius 2 is 1.85 bits per heavy atom. The van der Waals surface area contributed by atoms with Crippen molar-refractivity contribution >= 4 is 5.97 Å². The molecule has 78 valence electrons. The lowest BCUT2D eigenvalue weighted by atomic mass is 10.4. The lowest BCUT2D eigenvalue weighted by Crippen LogP contribution is -2.11. The molecule has 0 saturated carbocycles. The Morgan fingerprint density at radius 3 is 2.08 bits per heavy atom. The summed E-state index contributed by atoms with van der Waals surface area (Å²) in [6.07, 6.45) is 0.860. The summed E-state index contributed by atoms with van der Waals surface area (Å²) in [6, 6.07) is 0. The molecule has 0 atom stereocenters. The highest BCUT2D eigenvalue weighted by Gasteiger charge is 1.99. The van der Waals surface area contributed by atoms with E-state index < -0.39 is 0 Å². The van der Waals surface area contributed by atoms with Gasteiger partial charge in [-0.15, -0.1) is 0 Å². The Balaban J connectivity index is 0. The smallest absolute Gasteiger partial charge is 0.333 e. The molecule has 4 nitrogen and oxygen atoms in total. The molecule has 0 fully saturated rings. The minimum atomic E-state index is -0.295. The second kappa shape index (κ2) is 11.1. The number of nitrogens with two attached hydrogens (primary N) is 2. The molecule has 0 aromatic rings. The third kappa shape index (κ3) is 14.0. The largest absolute Gasteiger partial charge is 0.462 e. The highest BCUT2D eigenvalue weighted by molar-refractivity contribution is 5.86. The van der Waals surface area contributed by atoms with Gasteiger partial charge >= 0.3 is 5.97 Å². The lowest BCUT2D eigenvalue weighted by molar-refractivity contribution is -0.138. The van der Waals surface area contributed by atoms with Gasteiger partial charge in [-0.25, -0.2) is 4.79 Å². The molecule has 0 aliphatic heterocycles. The zero-order chi connectivity index (χ0) is 10.7. The van der Waals surface area contributed by atoms with Crippen molar-refractivity contribution in [3.8, 4) is 0 Å². The number of carbonyl (C=O) groups excluding carboxylic acids is 1. The van der Waals surface area contributed by atoms with Crippen molar-refractivity contribution in [1.29, 1.82) is 0 Å². The van der Waals surface area contributed by atoms with E-state index >= 15 is 0 Å². The highest BCUT2D eigenvalue weighted by Crippen LogP contribution is 1.91. The summed E-state index contributed by atoms with van der Waals surface area (Å²) in [4.78, 5) is 10.6. The summed E-state index contributed by atoms with van der Waals surface area (Å²) in [6.45, 7) is 8.71. The van der Waals surface area contributed by atoms with Crippen LogP contribution in [0.4, 0.5) is 0 Å². The number of esters is 1. The van der Waals surface area contributed by atoms with Crippen LogP contribution in [0.1, 0.15) is 20.3 Å². The molecule has 0 aromatic carbocycles. The Morgan fingerprint density at radius 1 is 1.38 bits per heavy atom. The standard InChI is InChI=1S/C7H12O2.C2H8N2/c1-4-5-9-7(8)6(2)3;3-1-2-4/h2,4-5H2,1,3H3;1-4H2. The molecule has 13 heavy (non-hydrogen) atoms. The molecule has 0 heterocycles. The van der Waals surface area contributed by atoms with Gasteiger partial charge in [0, 0.05) is 18.7 Å². The Labute approximate surface area is 79.9 Å². The summed E-state index contributed by atoms with van der Waals surface area (Å²) in [5.74, 6) is -0.295. The molecule has 0 aliphatic rings. The third-order valence-corrected chi connectivity index (χ3v) is 0.952. The monoisotopic (exact) mass is 188 g/mol. The zero-order valence-electron chi connectivity index (χ0n) is 8.51. The first-order valence-electron chi connectivity index (χ1n) is 4.32. The number of hydrogen-bond donors (Lipinski definition) is 2. The minimum Gasteiger partial charge on any atom is -0.462 e. The van der Waals surface area contributed by atoms with Gasteiger partial charge in [0.25, 0.3) is 0 Å². The topological polar surface area (TPSA) is 78.3 Å². The SMILES string of the molecule is C=C(C)C(=O)OCCC.NCCN. The van der Waals surface area contributed by atoms with Gasteiger partial charge in [-0.3, -0.25) is 0 Å². The van der Waals surface area contributed by atoms with Crippen LogP contribution in [-0.2, 0) is 9.53 Å². The van der Waals surface area contributed by atoms with Crippen LogP contribution in [0.25, 0.3) is 0 Å². The van der Waals surface area contributed by atoms with Gasteiger partial charge in [0.1, 0.15) is 0 Å². The molecule has 0 aliphatic carbocycles. The predicted octanol–water partition coefficient (Wildman–Crippen LogP) is 0.420. The summed E-state index contributed by atoms with van der Waals surface area (Å²) in [5, 5.41) is 0. The number of hydrogen-bond acceptors (Lipinski definition) is 4. The molecule has 0 spiro atoms. The first-order valence-corrected chi connectivity index (χ1v) is 4.32. The first-order chi connectivity index (χ1) is 6.09. The third-order valence-electron chi connectivity index (χ3n) is 0.952. The van der Waals surface area contributed by atoms with E-state index in [9.17, 15) is 4.79 Å². The summed E-state index contributed by atoms with van der Waals surface area (Å²) in [7, 11) is 0. The maximum atomic E-state index is 10.6. The van der Waals surface area contributed by atoms with Crippen LogP contribution in [0.5, 0.6) is 0 Å². The van der Waals surface area contributed by atoms with Crippen LogP contribution in [0.2, 0.25) is 0 Å². The molecule has 0 amide bonds. The van der Waals surface area contributed by atoms with E-state index in [4.69, 9.17) is 16.2 Å². The molecule has 0 radical (unpaired) electrons. The fourth-order valence-electron chi connectivity index (χ4n) is 0.318. The quantitative estimate of drug-likeness (QED) is 0.495. The number of ether oxygens (including phenoxy) is 1. The molecular weight excluding hydrogens is 168 g/mol. The number of rotatable bonds is 4. The van der Waals surface area contributed by atoms with Crippen molar-refractivity contribution in [1.82, 2.24) is 0 Å². The number of carbonyl (C=O) groups is 1. The van der Waals surface area contributed by atoms with Crippen molar-refractivity contribution in [3.63, 3.8) is 0 Å². The summed E-state index contributed by atoms with van der Waals surface area (Å²) in [5.41, 5.74) is 10.3. The fourth-order valence-corrected chi connectivity index (χ4v) is 0.318. The van der Waals surface area contributed by atoms with Gasteiger partial charge in [0.05, 0.1) is 6.61 Å². The van der Waals surface area contributed by atoms with E-state index in [2.05, 4.69) is 6.58 Å². The maximum Gasteiger partial charge on any atom is 0.333 e. The van der Waals surface area contributed by atoms with Crippen molar-refractivity contribution in [2.75, 3.05) is 19.7 Å². The van der Waals surface area contributed by atoms with Crippen molar-refractivity contribution in [3.05, 3.63) is 12.2 Å². The molecule has 0 bridgehead atoms. The molecule has 0 unspecified atom stereocenters. The lowest BCUT2D eigenvalue weighted by Gasteiger charge is -1.99. The fraction of sp³-hybridized carbons (Fsp3) is 0.667. The maximum absolute atomic E-state index is 10.6. The van der Waals surface area contributed by atoms with Crippen molar-refractivity contribution < 1.29 is 9.53 Å². The molecule has 4 heteroatoms. The Hall–Kier alpha value is -0.870. The van der Waals surface area contributed by atoms with Crippen LogP contribution < -0.4 is 11.5 Å². The van der Waals surface area contributed by atoms with Crippen LogP contribution in [0.3, 0.4) is 0 Å². The van der Waals surface area contributed by atoms with E-state index in [1.807, 2.05) is 6.92 Å². The Kier molecular flexibility index (Phi) is 12.5. The summed E-state index contributed by atoms with van der Waals surface area (Å²) >= 11 is 0. The highest BCUT2D eigenvalue weighted by atomic mass is 16.5. The van der Waals surface area contributed by atoms with E-state index in [-0.39, 0.29) is 5.97 Å². The van der Waals surface area contributed by atoms with Gasteiger partial charge in [-0.2, -0.15) is 0 Å². The van der Waals surface area contributed by atoms with Crippen molar-refractivity contribution in [2.45, 2.75) is 20.3 Å². The van der Waals surface area contributed by atoms with Crippen LogP contribution in [-0.4, -0.2) is 25.7 Å². The predicted molar refractivity (Wildman–Crippen MR) is 54.2 cm³/mol. The van der Waals surface area contributed by atoms with Gasteiger partial charge in [-0.05, 0) is 13.3 Å². The van der Waals surface area contributed by atoms with E-state index in [1.54, 1.807) is 6.92 Å². The van der Waals surface area contributed by atoms with E-state index in [0.29, 0.717) is 25.3 Å². The average molecular weight is 188 g/mol.